The van der Waals surface area contributed by atoms with E-state index in [2.05, 4.69) is 34.2 Å². The number of nitrogens with one attached hydrogen (secondary N) is 1. The molecule has 1 heterocycles. The molecule has 1 saturated carbocycles. The van der Waals surface area contributed by atoms with Crippen molar-refractivity contribution in [2.45, 2.75) is 37.6 Å². The molecule has 0 bridgehead atoms. The van der Waals surface area contributed by atoms with Crippen LogP contribution < -0.4 is 5.32 Å². The Morgan fingerprint density at radius 1 is 1.71 bits per heavy atom. The van der Waals surface area contributed by atoms with Crippen molar-refractivity contribution >= 4 is 17.7 Å². The predicted molar refractivity (Wildman–Crippen MR) is 61.8 cm³/mol. The molecule has 1 unspecified atom stereocenters. The largest absolute Gasteiger partial charge is 0.353 e. The molecule has 14 heavy (non-hydrogen) atoms. The van der Waals surface area contributed by atoms with Gasteiger partial charge in [-0.2, -0.15) is 11.8 Å². The number of aromatic nitrogens is 2. The number of thioether (sulfide) groups is 1. The van der Waals surface area contributed by atoms with Crippen LogP contribution in [0.15, 0.2) is 12.4 Å². The summed E-state index contributed by atoms with van der Waals surface area (Å²) in [5, 5.41) is 4.08. The lowest BCUT2D eigenvalue weighted by Gasteiger charge is -2.12. The first-order valence-electron chi connectivity index (χ1n) is 5.10. The van der Waals surface area contributed by atoms with E-state index < -0.39 is 0 Å². The van der Waals surface area contributed by atoms with Gasteiger partial charge in [0, 0.05) is 30.2 Å². The first kappa shape index (κ1) is 9.90. The monoisotopic (exact) mass is 211 g/mol. The summed E-state index contributed by atoms with van der Waals surface area (Å²) in [6.07, 6.45) is 8.67. The fraction of sp³-hybridized carbons (Fsp3) is 0.700. The Morgan fingerprint density at radius 3 is 3.14 bits per heavy atom. The highest BCUT2D eigenvalue weighted by Gasteiger charge is 2.22. The van der Waals surface area contributed by atoms with E-state index in [1.54, 1.807) is 0 Å². The topological polar surface area (TPSA) is 29.9 Å². The number of nitrogens with zero attached hydrogens (tertiary/aromatic N) is 2. The highest BCUT2D eigenvalue weighted by atomic mass is 32.2. The quantitative estimate of drug-likeness (QED) is 0.810. The van der Waals surface area contributed by atoms with Crippen molar-refractivity contribution in [1.82, 2.24) is 9.55 Å². The SMILES string of the molecule is CSC(C)Cn1ccnc1NC1CC1. The van der Waals surface area contributed by atoms with E-state index in [9.17, 15) is 0 Å². The molecule has 2 rings (SSSR count). The molecular weight excluding hydrogens is 194 g/mol. The predicted octanol–water partition coefficient (Wildman–Crippen LogP) is 2.21. The Morgan fingerprint density at radius 2 is 2.50 bits per heavy atom. The maximum atomic E-state index is 4.33. The molecule has 78 valence electrons. The Labute approximate surface area is 89.3 Å². The summed E-state index contributed by atoms with van der Waals surface area (Å²) in [5.41, 5.74) is 0. The zero-order chi connectivity index (χ0) is 9.97. The van der Waals surface area contributed by atoms with E-state index >= 15 is 0 Å². The maximum Gasteiger partial charge on any atom is 0.203 e. The minimum atomic E-state index is 0.643. The summed E-state index contributed by atoms with van der Waals surface area (Å²) in [7, 11) is 0. The smallest absolute Gasteiger partial charge is 0.203 e. The molecule has 0 aliphatic heterocycles. The first-order valence-corrected chi connectivity index (χ1v) is 6.39. The van der Waals surface area contributed by atoms with Crippen molar-refractivity contribution < 1.29 is 0 Å². The lowest BCUT2D eigenvalue weighted by Crippen LogP contribution is -2.13. The van der Waals surface area contributed by atoms with Gasteiger partial charge in [-0.15, -0.1) is 0 Å². The third-order valence-corrected chi connectivity index (χ3v) is 3.44. The number of hydrogen-bond donors (Lipinski definition) is 1. The molecule has 1 aromatic rings. The van der Waals surface area contributed by atoms with Gasteiger partial charge in [0.2, 0.25) is 5.95 Å². The molecule has 0 amide bonds. The number of rotatable bonds is 5. The van der Waals surface area contributed by atoms with Gasteiger partial charge in [0.25, 0.3) is 0 Å². The van der Waals surface area contributed by atoms with Gasteiger partial charge >= 0.3 is 0 Å². The molecule has 0 saturated heterocycles. The zero-order valence-electron chi connectivity index (χ0n) is 8.73. The third kappa shape index (κ3) is 2.44. The van der Waals surface area contributed by atoms with Crippen LogP contribution >= 0.6 is 11.8 Å². The molecule has 1 aliphatic rings. The van der Waals surface area contributed by atoms with E-state index in [1.165, 1.54) is 12.8 Å². The van der Waals surface area contributed by atoms with Crippen LogP contribution in [0.2, 0.25) is 0 Å². The van der Waals surface area contributed by atoms with Crippen molar-refractivity contribution in [2.24, 2.45) is 0 Å². The summed E-state index contributed by atoms with van der Waals surface area (Å²) >= 11 is 1.89. The first-order chi connectivity index (χ1) is 6.79. The van der Waals surface area contributed by atoms with Gasteiger partial charge in [-0.3, -0.25) is 0 Å². The van der Waals surface area contributed by atoms with Gasteiger partial charge in [0.1, 0.15) is 0 Å². The van der Waals surface area contributed by atoms with Crippen LogP contribution in [0, 0.1) is 0 Å². The second-order valence-electron chi connectivity index (χ2n) is 3.87. The fourth-order valence-electron chi connectivity index (χ4n) is 1.36. The molecule has 1 aromatic heterocycles. The molecule has 0 aromatic carbocycles. The summed E-state index contributed by atoms with van der Waals surface area (Å²) in [6.45, 7) is 3.28. The average molecular weight is 211 g/mol. The van der Waals surface area contributed by atoms with E-state index in [0.29, 0.717) is 11.3 Å². The number of hydrogen-bond acceptors (Lipinski definition) is 3. The fourth-order valence-corrected chi connectivity index (χ4v) is 1.67. The molecule has 0 spiro atoms. The highest BCUT2D eigenvalue weighted by molar-refractivity contribution is 7.99. The van der Waals surface area contributed by atoms with E-state index in [-0.39, 0.29) is 0 Å². The second-order valence-corrected chi connectivity index (χ2v) is 5.14. The van der Waals surface area contributed by atoms with E-state index in [4.69, 9.17) is 0 Å². The van der Waals surface area contributed by atoms with Crippen molar-refractivity contribution in [1.29, 1.82) is 0 Å². The summed E-state index contributed by atoms with van der Waals surface area (Å²) in [6, 6.07) is 0.681. The van der Waals surface area contributed by atoms with Gasteiger partial charge < -0.3 is 9.88 Å². The molecule has 1 N–H and O–H groups in total. The third-order valence-electron chi connectivity index (χ3n) is 2.48. The van der Waals surface area contributed by atoms with Crippen molar-refractivity contribution in [3.05, 3.63) is 12.4 Å². The van der Waals surface area contributed by atoms with E-state index in [1.807, 2.05) is 18.0 Å². The minimum Gasteiger partial charge on any atom is -0.353 e. The lowest BCUT2D eigenvalue weighted by molar-refractivity contribution is 0.695. The van der Waals surface area contributed by atoms with Gasteiger partial charge in [-0.1, -0.05) is 6.92 Å². The van der Waals surface area contributed by atoms with Crippen molar-refractivity contribution in [3.8, 4) is 0 Å². The van der Waals surface area contributed by atoms with Crippen LogP contribution in [0.1, 0.15) is 19.8 Å². The van der Waals surface area contributed by atoms with Crippen LogP contribution in [-0.2, 0) is 6.54 Å². The van der Waals surface area contributed by atoms with Crippen molar-refractivity contribution in [3.63, 3.8) is 0 Å². The molecule has 1 fully saturated rings. The molecule has 0 radical (unpaired) electrons. The zero-order valence-corrected chi connectivity index (χ0v) is 9.55. The van der Waals surface area contributed by atoms with Crippen molar-refractivity contribution in [2.75, 3.05) is 11.6 Å². The average Bonchev–Trinajstić information content (AvgIpc) is 2.89. The molecule has 1 aliphatic carbocycles. The van der Waals surface area contributed by atoms with Gasteiger partial charge in [0.15, 0.2) is 0 Å². The summed E-state index contributed by atoms with van der Waals surface area (Å²) in [4.78, 5) is 4.33. The van der Waals surface area contributed by atoms with Gasteiger partial charge in [0.05, 0.1) is 0 Å². The number of anilines is 1. The minimum absolute atomic E-state index is 0.643. The Kier molecular flexibility index (Phi) is 3.01. The summed E-state index contributed by atoms with van der Waals surface area (Å²) < 4.78 is 2.21. The van der Waals surface area contributed by atoms with Crippen LogP contribution in [0.4, 0.5) is 5.95 Å². The molecule has 1 atom stereocenters. The van der Waals surface area contributed by atoms with Gasteiger partial charge in [-0.25, -0.2) is 4.98 Å². The Hall–Kier alpha value is -0.640. The highest BCUT2D eigenvalue weighted by Crippen LogP contribution is 2.24. The van der Waals surface area contributed by atoms with Gasteiger partial charge in [-0.05, 0) is 19.1 Å². The summed E-state index contributed by atoms with van der Waals surface area (Å²) in [5.74, 6) is 1.04. The molecular formula is C10H17N3S. The molecule has 4 heteroatoms. The Balaban J connectivity index is 1.97. The maximum absolute atomic E-state index is 4.33. The second kappa shape index (κ2) is 4.26. The van der Waals surface area contributed by atoms with E-state index in [0.717, 1.165) is 12.5 Å². The lowest BCUT2D eigenvalue weighted by atomic mass is 10.4. The Bertz CT molecular complexity index is 293. The van der Waals surface area contributed by atoms with Crippen LogP contribution in [0.25, 0.3) is 0 Å². The van der Waals surface area contributed by atoms with Crippen LogP contribution in [0.3, 0.4) is 0 Å². The number of imidazole rings is 1. The van der Waals surface area contributed by atoms with Crippen LogP contribution in [-0.4, -0.2) is 27.1 Å². The molecule has 3 nitrogen and oxygen atoms in total. The standard InChI is InChI=1S/C10H17N3S/c1-8(14-2)7-13-6-5-11-10(13)12-9-3-4-9/h5-6,8-9H,3-4,7H2,1-2H3,(H,11,12). The normalized spacial score (nSPS) is 18.1. The van der Waals surface area contributed by atoms with Crippen LogP contribution in [0.5, 0.6) is 0 Å².